The number of para-hydroxylation sites is 5. The van der Waals surface area contributed by atoms with Gasteiger partial charge in [-0.3, -0.25) is 0 Å². The second-order valence-electron chi connectivity index (χ2n) is 17.8. The highest BCUT2D eigenvalue weighted by Crippen LogP contribution is 2.42. The summed E-state index contributed by atoms with van der Waals surface area (Å²) >= 11 is 0. The largest absolute Gasteiger partial charge is 0.456 e. The summed E-state index contributed by atoms with van der Waals surface area (Å²) in [4.78, 5) is 4.67. The summed E-state index contributed by atoms with van der Waals surface area (Å²) in [6.45, 7) is 0. The van der Waals surface area contributed by atoms with Crippen LogP contribution in [0.15, 0.2) is 277 Å². The third kappa shape index (κ3) is 7.36. The summed E-state index contributed by atoms with van der Waals surface area (Å²) in [5.74, 6) is 0. The highest BCUT2D eigenvalue weighted by Gasteiger charge is 2.19. The monoisotopic (exact) mass is 895 g/mol. The molecule has 2 heterocycles. The van der Waals surface area contributed by atoms with Gasteiger partial charge in [-0.1, -0.05) is 158 Å². The molecule has 0 fully saturated rings. The van der Waals surface area contributed by atoms with Crippen LogP contribution in [0.2, 0.25) is 0 Å². The van der Waals surface area contributed by atoms with E-state index in [2.05, 4.69) is 275 Å². The molecule has 0 saturated heterocycles. The standard InChI is InChI=1S/C66H45N3O/c1-4-14-52(15-5-1)67(53-16-6-2-7-17-53)55-35-28-48(29-36-55)49-32-39-57(40-33-49)68(58-41-42-64-61(45-58)59-20-10-12-22-63(59)69(64)54-18-8-3-9-19-54)56-37-30-47(31-38-56)46-24-26-50(27-25-46)51-34-43-66-62(44-51)60-21-11-13-23-65(60)70-66/h1-45H. The Labute approximate surface area is 406 Å². The van der Waals surface area contributed by atoms with Crippen molar-refractivity contribution in [3.8, 4) is 39.1 Å². The van der Waals surface area contributed by atoms with Crippen LogP contribution in [0.1, 0.15) is 0 Å². The first-order valence-corrected chi connectivity index (χ1v) is 23.8. The molecule has 11 aromatic carbocycles. The molecule has 0 N–H and O–H groups in total. The lowest BCUT2D eigenvalue weighted by Gasteiger charge is -2.26. The molecule has 0 bridgehead atoms. The van der Waals surface area contributed by atoms with Gasteiger partial charge in [0.1, 0.15) is 11.2 Å². The number of nitrogens with zero attached hydrogens (tertiary/aromatic N) is 3. The first-order chi connectivity index (χ1) is 34.7. The number of hydrogen-bond acceptors (Lipinski definition) is 3. The number of rotatable bonds is 10. The van der Waals surface area contributed by atoms with E-state index in [1.807, 2.05) is 12.1 Å². The number of benzene rings is 11. The van der Waals surface area contributed by atoms with Gasteiger partial charge in [0.25, 0.3) is 0 Å². The smallest absolute Gasteiger partial charge is 0.135 e. The summed E-state index contributed by atoms with van der Waals surface area (Å²) in [5.41, 5.74) is 18.9. The van der Waals surface area contributed by atoms with Crippen molar-refractivity contribution in [2.45, 2.75) is 0 Å². The molecule has 0 aliphatic rings. The van der Waals surface area contributed by atoms with Crippen molar-refractivity contribution >= 4 is 77.9 Å². The topological polar surface area (TPSA) is 24.6 Å². The van der Waals surface area contributed by atoms with Gasteiger partial charge >= 0.3 is 0 Å². The van der Waals surface area contributed by atoms with E-state index in [0.29, 0.717) is 0 Å². The lowest BCUT2D eigenvalue weighted by molar-refractivity contribution is 0.669. The lowest BCUT2D eigenvalue weighted by atomic mass is 9.99. The minimum absolute atomic E-state index is 0.908. The maximum atomic E-state index is 6.11. The fraction of sp³-hybridized carbons (Fsp3) is 0. The van der Waals surface area contributed by atoms with Gasteiger partial charge in [-0.25, -0.2) is 0 Å². The maximum absolute atomic E-state index is 6.11. The van der Waals surface area contributed by atoms with E-state index in [9.17, 15) is 0 Å². The molecule has 0 radical (unpaired) electrons. The van der Waals surface area contributed by atoms with E-state index in [1.54, 1.807) is 0 Å². The highest BCUT2D eigenvalue weighted by atomic mass is 16.3. The molecule has 70 heavy (non-hydrogen) atoms. The number of anilines is 6. The molecule has 4 heteroatoms. The van der Waals surface area contributed by atoms with Crippen molar-refractivity contribution in [3.63, 3.8) is 0 Å². The first kappa shape index (κ1) is 40.9. The van der Waals surface area contributed by atoms with Crippen LogP contribution in [0.4, 0.5) is 34.1 Å². The van der Waals surface area contributed by atoms with Crippen molar-refractivity contribution < 1.29 is 4.42 Å². The summed E-state index contributed by atoms with van der Waals surface area (Å²) in [6, 6.07) is 97.8. The summed E-state index contributed by atoms with van der Waals surface area (Å²) < 4.78 is 8.48. The molecule has 0 aliphatic heterocycles. The van der Waals surface area contributed by atoms with Crippen molar-refractivity contribution in [1.82, 2.24) is 4.57 Å². The van der Waals surface area contributed by atoms with Crippen molar-refractivity contribution in [3.05, 3.63) is 273 Å². The molecule has 13 aromatic rings. The van der Waals surface area contributed by atoms with Gasteiger partial charge in [0, 0.05) is 61.4 Å². The Hall–Kier alpha value is -9.38. The second-order valence-corrected chi connectivity index (χ2v) is 17.8. The third-order valence-electron chi connectivity index (χ3n) is 13.6. The van der Waals surface area contributed by atoms with Crippen LogP contribution < -0.4 is 9.80 Å². The van der Waals surface area contributed by atoms with Crippen LogP contribution in [0.25, 0.3) is 82.8 Å². The Bertz CT molecular complexity index is 3910. The maximum Gasteiger partial charge on any atom is 0.135 e. The molecular weight excluding hydrogens is 851 g/mol. The highest BCUT2D eigenvalue weighted by molar-refractivity contribution is 6.11. The summed E-state index contributed by atoms with van der Waals surface area (Å²) in [7, 11) is 0. The normalized spacial score (nSPS) is 11.4. The lowest BCUT2D eigenvalue weighted by Crippen LogP contribution is -2.10. The van der Waals surface area contributed by atoms with Gasteiger partial charge in [-0.05, 0) is 149 Å². The van der Waals surface area contributed by atoms with E-state index in [4.69, 9.17) is 4.42 Å². The predicted octanol–water partition coefficient (Wildman–Crippen LogP) is 18.6. The molecule has 0 unspecified atom stereocenters. The minimum atomic E-state index is 0.908. The van der Waals surface area contributed by atoms with E-state index >= 15 is 0 Å². The van der Waals surface area contributed by atoms with E-state index < -0.39 is 0 Å². The molecule has 13 rings (SSSR count). The molecule has 0 atom stereocenters. The number of aromatic nitrogens is 1. The quantitative estimate of drug-likeness (QED) is 0.137. The molecular formula is C66H45N3O. The molecule has 2 aromatic heterocycles. The average molecular weight is 896 g/mol. The van der Waals surface area contributed by atoms with Crippen LogP contribution >= 0.6 is 0 Å². The number of fused-ring (bicyclic) bond motifs is 6. The summed E-state index contributed by atoms with van der Waals surface area (Å²) in [5, 5.41) is 4.70. The predicted molar refractivity (Wildman–Crippen MR) is 294 cm³/mol. The van der Waals surface area contributed by atoms with Crippen molar-refractivity contribution in [1.29, 1.82) is 0 Å². The summed E-state index contributed by atoms with van der Waals surface area (Å²) in [6.07, 6.45) is 0. The molecule has 330 valence electrons. The number of furan rings is 1. The zero-order chi connectivity index (χ0) is 46.4. The van der Waals surface area contributed by atoms with E-state index in [0.717, 1.165) is 84.0 Å². The Morgan fingerprint density at radius 1 is 0.243 bits per heavy atom. The van der Waals surface area contributed by atoms with Gasteiger partial charge < -0.3 is 18.8 Å². The van der Waals surface area contributed by atoms with Crippen LogP contribution in [-0.2, 0) is 0 Å². The SMILES string of the molecule is c1ccc(N(c2ccccc2)c2ccc(-c3ccc(N(c4ccc(-c5ccc(-c6ccc7oc8ccccc8c7c6)cc5)cc4)c4ccc5c(c4)c4ccccc4n5-c4ccccc4)cc3)cc2)cc1. The third-order valence-corrected chi connectivity index (χ3v) is 13.6. The fourth-order valence-corrected chi connectivity index (χ4v) is 10.2. The minimum Gasteiger partial charge on any atom is -0.456 e. The molecule has 0 amide bonds. The zero-order valence-electron chi connectivity index (χ0n) is 38.2. The van der Waals surface area contributed by atoms with Crippen LogP contribution in [0, 0.1) is 0 Å². The second kappa shape index (κ2) is 17.4. The Morgan fingerprint density at radius 3 is 1.20 bits per heavy atom. The fourth-order valence-electron chi connectivity index (χ4n) is 10.2. The molecule has 4 nitrogen and oxygen atoms in total. The number of hydrogen-bond donors (Lipinski definition) is 0. The first-order valence-electron chi connectivity index (χ1n) is 23.8. The Balaban J connectivity index is 0.854. The molecule has 0 aliphatic carbocycles. The Kier molecular flexibility index (Phi) is 10.1. The van der Waals surface area contributed by atoms with Gasteiger partial charge in [-0.15, -0.1) is 0 Å². The zero-order valence-corrected chi connectivity index (χ0v) is 38.2. The van der Waals surface area contributed by atoms with Crippen molar-refractivity contribution in [2.24, 2.45) is 0 Å². The van der Waals surface area contributed by atoms with E-state index in [1.165, 1.54) is 32.9 Å². The van der Waals surface area contributed by atoms with Gasteiger partial charge in [0.05, 0.1) is 11.0 Å². The van der Waals surface area contributed by atoms with Crippen LogP contribution in [-0.4, -0.2) is 4.57 Å². The average Bonchev–Trinajstić information content (AvgIpc) is 3.98. The van der Waals surface area contributed by atoms with Crippen LogP contribution in [0.3, 0.4) is 0 Å². The van der Waals surface area contributed by atoms with Crippen molar-refractivity contribution in [2.75, 3.05) is 9.80 Å². The molecule has 0 saturated carbocycles. The van der Waals surface area contributed by atoms with Gasteiger partial charge in [0.2, 0.25) is 0 Å². The molecule has 0 spiro atoms. The Morgan fingerprint density at radius 2 is 0.629 bits per heavy atom. The van der Waals surface area contributed by atoms with Gasteiger partial charge in [0.15, 0.2) is 0 Å². The van der Waals surface area contributed by atoms with Gasteiger partial charge in [-0.2, -0.15) is 0 Å². The van der Waals surface area contributed by atoms with Crippen LogP contribution in [0.5, 0.6) is 0 Å². The van der Waals surface area contributed by atoms with E-state index in [-0.39, 0.29) is 0 Å².